The average Bonchev–Trinajstić information content (AvgIpc) is 3.02. The van der Waals surface area contributed by atoms with Crippen molar-refractivity contribution >= 4 is 47.0 Å². The molecule has 1 aromatic rings. The summed E-state index contributed by atoms with van der Waals surface area (Å²) in [7, 11) is 0. The van der Waals surface area contributed by atoms with Crippen molar-refractivity contribution in [2.24, 2.45) is 5.92 Å². The lowest BCUT2D eigenvalue weighted by Gasteiger charge is -2.31. The Morgan fingerprint density at radius 2 is 1.91 bits per heavy atom. The maximum absolute atomic E-state index is 14.2. The van der Waals surface area contributed by atoms with Crippen molar-refractivity contribution in [2.45, 2.75) is 31.2 Å². The fourth-order valence-electron chi connectivity index (χ4n) is 3.91. The molecule has 172 valence electrons. The van der Waals surface area contributed by atoms with Crippen molar-refractivity contribution in [3.05, 3.63) is 57.2 Å². The number of nitrogens with one attached hydrogen (secondary N) is 1. The third kappa shape index (κ3) is 4.22. The number of carbonyl (C=O) groups is 2. The zero-order chi connectivity index (χ0) is 23.3. The molecule has 1 N–H and O–H groups in total. The number of cyclic esters (lactones) is 1. The molecular formula is C21H19Cl2F3N2O3S. The van der Waals surface area contributed by atoms with Crippen molar-refractivity contribution in [3.63, 3.8) is 0 Å². The van der Waals surface area contributed by atoms with Crippen LogP contribution in [0.4, 0.5) is 18.0 Å². The highest BCUT2D eigenvalue weighted by atomic mass is 35.5. The van der Waals surface area contributed by atoms with Gasteiger partial charge >= 0.3 is 12.3 Å². The van der Waals surface area contributed by atoms with Gasteiger partial charge in [-0.2, -0.15) is 24.9 Å². The van der Waals surface area contributed by atoms with Crippen LogP contribution in [0, 0.1) is 5.92 Å². The Balaban J connectivity index is 1.59. The number of benzene rings is 1. The van der Waals surface area contributed by atoms with Gasteiger partial charge in [-0.25, -0.2) is 4.79 Å². The lowest BCUT2D eigenvalue weighted by Crippen LogP contribution is -2.47. The van der Waals surface area contributed by atoms with Gasteiger partial charge in [-0.3, -0.25) is 9.69 Å². The molecule has 2 aliphatic heterocycles. The molecule has 11 heteroatoms. The fraction of sp³-hybridized carbons (Fsp3) is 0.429. The van der Waals surface area contributed by atoms with E-state index in [1.807, 2.05) is 0 Å². The minimum Gasteiger partial charge on any atom is -0.426 e. The second kappa shape index (κ2) is 8.50. The second-order valence-electron chi connectivity index (χ2n) is 7.99. The van der Waals surface area contributed by atoms with E-state index < -0.39 is 30.3 Å². The maximum atomic E-state index is 14.2. The fourth-order valence-corrected chi connectivity index (χ4v) is 5.07. The first kappa shape index (κ1) is 23.3. The summed E-state index contributed by atoms with van der Waals surface area (Å²) in [6, 6.07) is 3.63. The zero-order valence-electron chi connectivity index (χ0n) is 16.8. The summed E-state index contributed by atoms with van der Waals surface area (Å²) >= 11 is 13.6. The van der Waals surface area contributed by atoms with Crippen molar-refractivity contribution in [1.29, 1.82) is 0 Å². The molecule has 3 aliphatic rings. The number of alkyl halides is 3. The monoisotopic (exact) mass is 506 g/mol. The number of allylic oxidation sites excluding steroid dienone is 2. The van der Waals surface area contributed by atoms with Crippen LogP contribution in [0.25, 0.3) is 0 Å². The summed E-state index contributed by atoms with van der Waals surface area (Å²) in [5.74, 6) is 1.19. The lowest BCUT2D eigenvalue weighted by molar-refractivity contribution is -0.251. The van der Waals surface area contributed by atoms with Crippen LogP contribution in [0.5, 0.6) is 0 Å². The number of carbonyl (C=O) groups excluding carboxylic acids is 2. The van der Waals surface area contributed by atoms with E-state index in [-0.39, 0.29) is 39.7 Å². The van der Waals surface area contributed by atoms with E-state index in [0.717, 1.165) is 28.5 Å². The van der Waals surface area contributed by atoms with Gasteiger partial charge in [-0.05, 0) is 37.6 Å². The molecule has 0 radical (unpaired) electrons. The lowest BCUT2D eigenvalue weighted by atomic mass is 9.89. The zero-order valence-corrected chi connectivity index (χ0v) is 19.2. The summed E-state index contributed by atoms with van der Waals surface area (Å²) in [6.07, 6.45) is -2.63. The van der Waals surface area contributed by atoms with Gasteiger partial charge < -0.3 is 10.1 Å². The molecule has 4 rings (SSSR count). The summed E-state index contributed by atoms with van der Waals surface area (Å²) in [5, 5.41) is 2.96. The molecule has 0 saturated carbocycles. The minimum atomic E-state index is -4.91. The van der Waals surface area contributed by atoms with Gasteiger partial charge in [0.2, 0.25) is 5.91 Å². The standard InChI is InChI=1S/C21H19Cl2F3N2O3S/c1-11-4-16(2-3-17(11)18(29)27-15-8-32-9-15)28-10-20(21(24,25)26,31-19(28)30)12-5-13(22)7-14(23)6-12/h2,4-7,15,17H,3,8-10H2,1H3,(H,27,29). The third-order valence-corrected chi connectivity index (χ3v) is 7.46. The van der Waals surface area contributed by atoms with Crippen LogP contribution in [-0.4, -0.2) is 47.2 Å². The smallest absolute Gasteiger partial charge is 0.426 e. The first-order chi connectivity index (χ1) is 15.0. The number of thioether (sulfide) groups is 1. The molecule has 2 heterocycles. The number of halogens is 5. The number of hydrogen-bond acceptors (Lipinski definition) is 4. The highest BCUT2D eigenvalue weighted by Gasteiger charge is 2.65. The maximum Gasteiger partial charge on any atom is 0.434 e. The van der Waals surface area contributed by atoms with Crippen LogP contribution in [-0.2, 0) is 15.1 Å². The normalized spacial score (nSPS) is 26.2. The molecule has 2 atom stereocenters. The predicted octanol–water partition coefficient (Wildman–Crippen LogP) is 5.28. The first-order valence-electron chi connectivity index (χ1n) is 9.80. The number of rotatable bonds is 4. The molecule has 1 aliphatic carbocycles. The molecule has 0 bridgehead atoms. The second-order valence-corrected chi connectivity index (χ2v) is 9.93. The van der Waals surface area contributed by atoms with Gasteiger partial charge in [0.15, 0.2) is 0 Å². The Morgan fingerprint density at radius 1 is 1.25 bits per heavy atom. The average molecular weight is 507 g/mol. The molecule has 2 fully saturated rings. The van der Waals surface area contributed by atoms with Crippen molar-refractivity contribution < 1.29 is 27.5 Å². The van der Waals surface area contributed by atoms with Crippen LogP contribution >= 0.6 is 35.0 Å². The van der Waals surface area contributed by atoms with Crippen molar-refractivity contribution in [1.82, 2.24) is 10.2 Å². The Morgan fingerprint density at radius 3 is 2.44 bits per heavy atom. The van der Waals surface area contributed by atoms with E-state index in [0.29, 0.717) is 5.57 Å². The van der Waals surface area contributed by atoms with E-state index >= 15 is 0 Å². The van der Waals surface area contributed by atoms with Crippen LogP contribution in [0.2, 0.25) is 10.0 Å². The molecular weight excluding hydrogens is 488 g/mol. The minimum absolute atomic E-state index is 0.00281. The van der Waals surface area contributed by atoms with Gasteiger partial charge in [0.1, 0.15) is 0 Å². The molecule has 0 spiro atoms. The summed E-state index contributed by atoms with van der Waals surface area (Å²) in [4.78, 5) is 26.0. The molecule has 2 amide bonds. The Labute approximate surface area is 196 Å². The number of nitrogens with zero attached hydrogens (tertiary/aromatic N) is 1. The quantitative estimate of drug-likeness (QED) is 0.603. The number of hydrogen-bond donors (Lipinski definition) is 1. The van der Waals surface area contributed by atoms with Crippen molar-refractivity contribution in [2.75, 3.05) is 18.1 Å². The van der Waals surface area contributed by atoms with Crippen molar-refractivity contribution in [3.8, 4) is 0 Å². The molecule has 5 nitrogen and oxygen atoms in total. The van der Waals surface area contributed by atoms with E-state index in [9.17, 15) is 22.8 Å². The van der Waals surface area contributed by atoms with E-state index in [2.05, 4.69) is 5.32 Å². The molecule has 2 unspecified atom stereocenters. The largest absolute Gasteiger partial charge is 0.434 e. The number of amides is 2. The van der Waals surface area contributed by atoms with Gasteiger partial charge in [0.25, 0.3) is 5.60 Å². The van der Waals surface area contributed by atoms with E-state index in [4.69, 9.17) is 27.9 Å². The Kier molecular flexibility index (Phi) is 6.19. The third-order valence-electron chi connectivity index (χ3n) is 5.75. The van der Waals surface area contributed by atoms with Gasteiger partial charge in [0, 0.05) is 38.9 Å². The predicted molar refractivity (Wildman–Crippen MR) is 117 cm³/mol. The summed E-state index contributed by atoms with van der Waals surface area (Å²) < 4.78 is 47.6. The van der Waals surface area contributed by atoms with Crippen LogP contribution in [0.3, 0.4) is 0 Å². The molecule has 2 saturated heterocycles. The Hall–Kier alpha value is -1.84. The summed E-state index contributed by atoms with van der Waals surface area (Å²) in [6.45, 7) is 0.930. The van der Waals surface area contributed by atoms with E-state index in [1.54, 1.807) is 30.8 Å². The van der Waals surface area contributed by atoms with Gasteiger partial charge in [-0.15, -0.1) is 0 Å². The SMILES string of the molecule is CC1=CC(N2CC(c3cc(Cl)cc(Cl)c3)(C(F)(F)F)OC2=O)=CCC1C(=O)NC1CSC1. The van der Waals surface area contributed by atoms with Crippen LogP contribution in [0.15, 0.2) is 41.6 Å². The van der Waals surface area contributed by atoms with Gasteiger partial charge in [-0.1, -0.05) is 34.9 Å². The molecule has 1 aromatic carbocycles. The molecule has 32 heavy (non-hydrogen) atoms. The number of ether oxygens (including phenoxy) is 1. The van der Waals surface area contributed by atoms with Crippen LogP contribution in [0.1, 0.15) is 18.9 Å². The molecule has 0 aromatic heterocycles. The van der Waals surface area contributed by atoms with E-state index in [1.165, 1.54) is 6.07 Å². The Bertz CT molecular complexity index is 1010. The summed E-state index contributed by atoms with van der Waals surface area (Å²) in [5.41, 5.74) is -2.35. The topological polar surface area (TPSA) is 58.6 Å². The van der Waals surface area contributed by atoms with Crippen LogP contribution < -0.4 is 5.32 Å². The first-order valence-corrected chi connectivity index (χ1v) is 11.7. The van der Waals surface area contributed by atoms with Gasteiger partial charge in [0.05, 0.1) is 12.5 Å². The highest BCUT2D eigenvalue weighted by molar-refractivity contribution is 8.00. The highest BCUT2D eigenvalue weighted by Crippen LogP contribution is 2.48.